The molecular formula is C12H16OSi. The van der Waals surface area contributed by atoms with Crippen molar-refractivity contribution in [3.8, 4) is 0 Å². The molecule has 1 aromatic carbocycles. The SMILES string of the molecule is C[Si]C1(c2ccccc2)CCCCO1. The van der Waals surface area contributed by atoms with E-state index in [2.05, 4.69) is 36.9 Å². The number of hydrogen-bond donors (Lipinski definition) is 0. The molecule has 1 nitrogen and oxygen atoms in total. The first-order chi connectivity index (χ1) is 6.87. The van der Waals surface area contributed by atoms with Gasteiger partial charge in [-0.25, -0.2) is 0 Å². The lowest BCUT2D eigenvalue weighted by Crippen LogP contribution is -2.38. The average Bonchev–Trinajstić information content (AvgIpc) is 2.31. The molecule has 0 aliphatic carbocycles. The minimum atomic E-state index is 0.0412. The number of rotatable bonds is 2. The molecule has 1 aliphatic rings. The highest BCUT2D eigenvalue weighted by Crippen LogP contribution is 2.33. The fourth-order valence-corrected chi connectivity index (χ4v) is 3.20. The standard InChI is InChI=1S/C12H16OSi/c1-14-12(9-5-6-10-13-12)11-7-3-2-4-8-11/h2-4,7-8H,5-6,9-10H2,1H3. The van der Waals surface area contributed by atoms with Crippen molar-refractivity contribution in [1.82, 2.24) is 0 Å². The van der Waals surface area contributed by atoms with Crippen molar-refractivity contribution in [2.24, 2.45) is 0 Å². The highest BCUT2D eigenvalue weighted by molar-refractivity contribution is 6.37. The highest BCUT2D eigenvalue weighted by atomic mass is 28.2. The Balaban J connectivity index is 2.27. The Hall–Kier alpha value is -0.603. The zero-order chi connectivity index (χ0) is 9.86. The summed E-state index contributed by atoms with van der Waals surface area (Å²) in [5, 5.41) is 0.0412. The summed E-state index contributed by atoms with van der Waals surface area (Å²) < 4.78 is 6.01. The molecule has 0 aromatic heterocycles. The van der Waals surface area contributed by atoms with Crippen LogP contribution in [0.1, 0.15) is 24.8 Å². The summed E-state index contributed by atoms with van der Waals surface area (Å²) in [7, 11) is 0.832. The zero-order valence-corrected chi connectivity index (χ0v) is 9.62. The van der Waals surface area contributed by atoms with Gasteiger partial charge >= 0.3 is 0 Å². The topological polar surface area (TPSA) is 9.23 Å². The monoisotopic (exact) mass is 204 g/mol. The largest absolute Gasteiger partial charge is 0.375 e. The van der Waals surface area contributed by atoms with Crippen LogP contribution in [0.4, 0.5) is 0 Å². The number of benzene rings is 1. The first-order valence-electron chi connectivity index (χ1n) is 5.26. The molecule has 2 radical (unpaired) electrons. The fraction of sp³-hybridized carbons (Fsp3) is 0.500. The highest BCUT2D eigenvalue weighted by Gasteiger charge is 2.33. The fourth-order valence-electron chi connectivity index (χ4n) is 2.07. The van der Waals surface area contributed by atoms with Crippen molar-refractivity contribution in [2.45, 2.75) is 31.0 Å². The third-order valence-electron chi connectivity index (χ3n) is 2.92. The molecule has 74 valence electrons. The summed E-state index contributed by atoms with van der Waals surface area (Å²) in [6.07, 6.45) is 3.71. The van der Waals surface area contributed by atoms with Crippen LogP contribution in [-0.4, -0.2) is 16.1 Å². The van der Waals surface area contributed by atoms with Gasteiger partial charge in [0.25, 0.3) is 0 Å². The van der Waals surface area contributed by atoms with Crippen LogP contribution in [0.15, 0.2) is 30.3 Å². The minimum absolute atomic E-state index is 0.0412. The van der Waals surface area contributed by atoms with Crippen LogP contribution in [0.3, 0.4) is 0 Å². The molecule has 1 heterocycles. The molecule has 0 amide bonds. The summed E-state index contributed by atoms with van der Waals surface area (Å²) in [6.45, 7) is 3.17. The van der Waals surface area contributed by atoms with Gasteiger partial charge in [-0.3, -0.25) is 0 Å². The van der Waals surface area contributed by atoms with E-state index >= 15 is 0 Å². The van der Waals surface area contributed by atoms with Gasteiger partial charge in [0.2, 0.25) is 0 Å². The Morgan fingerprint density at radius 1 is 1.21 bits per heavy atom. The van der Waals surface area contributed by atoms with Gasteiger partial charge in [0.15, 0.2) is 0 Å². The number of hydrogen-bond acceptors (Lipinski definition) is 1. The van der Waals surface area contributed by atoms with E-state index in [4.69, 9.17) is 4.74 Å². The molecule has 0 saturated carbocycles. The predicted molar refractivity (Wildman–Crippen MR) is 59.5 cm³/mol. The van der Waals surface area contributed by atoms with E-state index in [0.717, 1.165) is 16.1 Å². The van der Waals surface area contributed by atoms with Crippen molar-refractivity contribution < 1.29 is 4.74 Å². The smallest absolute Gasteiger partial charge is 0.0852 e. The normalized spacial score (nSPS) is 27.5. The second-order valence-corrected chi connectivity index (χ2v) is 5.06. The lowest BCUT2D eigenvalue weighted by Gasteiger charge is -2.36. The maximum atomic E-state index is 6.01. The maximum absolute atomic E-state index is 6.01. The summed E-state index contributed by atoms with van der Waals surface area (Å²) in [5.74, 6) is 0. The molecule has 14 heavy (non-hydrogen) atoms. The first-order valence-corrected chi connectivity index (χ1v) is 6.76. The summed E-state index contributed by atoms with van der Waals surface area (Å²) in [4.78, 5) is 0. The molecule has 1 aliphatic heterocycles. The van der Waals surface area contributed by atoms with Crippen molar-refractivity contribution in [3.63, 3.8) is 0 Å². The van der Waals surface area contributed by atoms with Crippen LogP contribution in [0.25, 0.3) is 0 Å². The van der Waals surface area contributed by atoms with Gasteiger partial charge in [-0.15, -0.1) is 0 Å². The second-order valence-electron chi connectivity index (χ2n) is 3.75. The van der Waals surface area contributed by atoms with Gasteiger partial charge in [-0.1, -0.05) is 36.9 Å². The molecule has 0 spiro atoms. The summed E-state index contributed by atoms with van der Waals surface area (Å²) >= 11 is 0. The van der Waals surface area contributed by atoms with Crippen molar-refractivity contribution in [2.75, 3.05) is 6.61 Å². The molecule has 2 rings (SSSR count). The van der Waals surface area contributed by atoms with Gasteiger partial charge in [0, 0.05) is 6.61 Å². The van der Waals surface area contributed by atoms with Crippen LogP contribution in [-0.2, 0) is 9.96 Å². The van der Waals surface area contributed by atoms with Crippen LogP contribution in [0.2, 0.25) is 6.55 Å². The van der Waals surface area contributed by atoms with Crippen LogP contribution in [0, 0.1) is 0 Å². The Kier molecular flexibility index (Phi) is 3.04. The third-order valence-corrected chi connectivity index (χ3v) is 4.41. The summed E-state index contributed by atoms with van der Waals surface area (Å²) in [5.41, 5.74) is 1.36. The number of ether oxygens (including phenoxy) is 1. The zero-order valence-electron chi connectivity index (χ0n) is 8.62. The van der Waals surface area contributed by atoms with E-state index in [1.54, 1.807) is 0 Å². The molecule has 1 fully saturated rings. The van der Waals surface area contributed by atoms with Crippen LogP contribution in [0.5, 0.6) is 0 Å². The van der Waals surface area contributed by atoms with E-state index in [9.17, 15) is 0 Å². The molecule has 1 atom stereocenters. The Morgan fingerprint density at radius 3 is 2.57 bits per heavy atom. The molecule has 2 heteroatoms. The Morgan fingerprint density at radius 2 is 2.00 bits per heavy atom. The van der Waals surface area contributed by atoms with E-state index in [-0.39, 0.29) is 5.22 Å². The van der Waals surface area contributed by atoms with E-state index in [1.807, 2.05) is 0 Å². The van der Waals surface area contributed by atoms with E-state index < -0.39 is 0 Å². The Labute approximate surface area is 88.3 Å². The third kappa shape index (κ3) is 1.77. The quantitative estimate of drug-likeness (QED) is 0.673. The van der Waals surface area contributed by atoms with E-state index in [0.29, 0.717) is 0 Å². The van der Waals surface area contributed by atoms with Gasteiger partial charge in [-0.2, -0.15) is 0 Å². The molecule has 1 aromatic rings. The minimum Gasteiger partial charge on any atom is -0.375 e. The Bertz CT molecular complexity index is 278. The van der Waals surface area contributed by atoms with Crippen molar-refractivity contribution in [1.29, 1.82) is 0 Å². The van der Waals surface area contributed by atoms with Crippen LogP contribution >= 0.6 is 0 Å². The summed E-state index contributed by atoms with van der Waals surface area (Å²) in [6, 6.07) is 10.7. The molecule has 0 N–H and O–H groups in total. The van der Waals surface area contributed by atoms with Crippen LogP contribution < -0.4 is 0 Å². The van der Waals surface area contributed by atoms with Gasteiger partial charge < -0.3 is 4.74 Å². The first kappa shape index (κ1) is 9.93. The van der Waals surface area contributed by atoms with Gasteiger partial charge in [0.1, 0.15) is 0 Å². The van der Waals surface area contributed by atoms with Crippen molar-refractivity contribution >= 4 is 9.52 Å². The predicted octanol–water partition coefficient (Wildman–Crippen LogP) is 2.79. The van der Waals surface area contributed by atoms with Gasteiger partial charge in [0.05, 0.1) is 14.7 Å². The average molecular weight is 204 g/mol. The lowest BCUT2D eigenvalue weighted by atomic mass is 10.0. The molecule has 0 bridgehead atoms. The molecule has 1 unspecified atom stereocenters. The molecule has 1 saturated heterocycles. The lowest BCUT2D eigenvalue weighted by molar-refractivity contribution is -0.0235. The second kappa shape index (κ2) is 4.28. The molecular weight excluding hydrogens is 188 g/mol. The van der Waals surface area contributed by atoms with Gasteiger partial charge in [-0.05, 0) is 24.8 Å². The van der Waals surface area contributed by atoms with E-state index in [1.165, 1.54) is 24.8 Å². The van der Waals surface area contributed by atoms with Crippen molar-refractivity contribution in [3.05, 3.63) is 35.9 Å². The maximum Gasteiger partial charge on any atom is 0.0852 e.